The van der Waals surface area contributed by atoms with Crippen molar-refractivity contribution in [1.82, 2.24) is 0 Å². The van der Waals surface area contributed by atoms with Crippen LogP contribution < -0.4 is 0 Å². The molecule has 0 aliphatic carbocycles. The molecular weight excluding hydrogens is 236 g/mol. The van der Waals surface area contributed by atoms with Gasteiger partial charge in [-0.25, -0.2) is 4.79 Å². The molecule has 8 nitrogen and oxygen atoms in total. The SMILES string of the molecule is CC(=O)C(O)C(O)CC(O)C(O)C(O)C(=O)O. The standard InChI is InChI=1S/C9H16O8/c1-3(10)6(13)4(11)2-5(12)7(14)8(15)9(16)17/h4-8,11-15H,2H2,1H3,(H,16,17). The zero-order valence-electron chi connectivity index (χ0n) is 9.09. The molecule has 0 spiro atoms. The van der Waals surface area contributed by atoms with Crippen LogP contribution in [0.2, 0.25) is 0 Å². The molecule has 0 amide bonds. The van der Waals surface area contributed by atoms with Crippen LogP contribution in [-0.2, 0) is 9.59 Å². The smallest absolute Gasteiger partial charge is 0.335 e. The highest BCUT2D eigenvalue weighted by molar-refractivity contribution is 5.80. The van der Waals surface area contributed by atoms with E-state index in [-0.39, 0.29) is 0 Å². The number of aliphatic hydroxyl groups is 5. The van der Waals surface area contributed by atoms with Gasteiger partial charge < -0.3 is 30.6 Å². The number of hydrogen-bond donors (Lipinski definition) is 6. The molecule has 6 N–H and O–H groups in total. The van der Waals surface area contributed by atoms with Gasteiger partial charge in [0.25, 0.3) is 0 Å². The summed E-state index contributed by atoms with van der Waals surface area (Å²) in [5.74, 6) is -2.48. The summed E-state index contributed by atoms with van der Waals surface area (Å²) in [5, 5.41) is 54.1. The number of carbonyl (C=O) groups is 2. The van der Waals surface area contributed by atoms with Crippen LogP contribution in [0.25, 0.3) is 0 Å². The number of aliphatic hydroxyl groups excluding tert-OH is 5. The van der Waals surface area contributed by atoms with Gasteiger partial charge in [0.1, 0.15) is 12.2 Å². The summed E-state index contributed by atoms with van der Waals surface area (Å²) in [4.78, 5) is 21.0. The number of carbonyl (C=O) groups excluding carboxylic acids is 1. The molecule has 0 aromatic carbocycles. The normalized spacial score (nSPS) is 20.1. The van der Waals surface area contributed by atoms with Crippen molar-refractivity contribution in [3.05, 3.63) is 0 Å². The van der Waals surface area contributed by atoms with Gasteiger partial charge in [-0.3, -0.25) is 4.79 Å². The Morgan fingerprint density at radius 2 is 1.41 bits per heavy atom. The van der Waals surface area contributed by atoms with E-state index in [1.807, 2.05) is 0 Å². The molecule has 0 aromatic heterocycles. The van der Waals surface area contributed by atoms with Crippen LogP contribution in [0.3, 0.4) is 0 Å². The number of hydrogen-bond acceptors (Lipinski definition) is 7. The fourth-order valence-electron chi connectivity index (χ4n) is 1.14. The predicted molar refractivity (Wildman–Crippen MR) is 53.0 cm³/mol. The highest BCUT2D eigenvalue weighted by atomic mass is 16.4. The summed E-state index contributed by atoms with van der Waals surface area (Å²) < 4.78 is 0. The van der Waals surface area contributed by atoms with Gasteiger partial charge in [-0.2, -0.15) is 0 Å². The lowest BCUT2D eigenvalue weighted by molar-refractivity contribution is -0.160. The van der Waals surface area contributed by atoms with Crippen LogP contribution in [0.15, 0.2) is 0 Å². The third kappa shape index (κ3) is 4.75. The summed E-state index contributed by atoms with van der Waals surface area (Å²) >= 11 is 0. The first-order valence-electron chi connectivity index (χ1n) is 4.82. The Morgan fingerprint density at radius 3 is 1.76 bits per heavy atom. The Morgan fingerprint density at radius 1 is 0.941 bits per heavy atom. The summed E-state index contributed by atoms with van der Waals surface area (Å²) in [5.41, 5.74) is 0. The molecule has 100 valence electrons. The average molecular weight is 252 g/mol. The van der Waals surface area contributed by atoms with Crippen molar-refractivity contribution in [3.63, 3.8) is 0 Å². The van der Waals surface area contributed by atoms with Crippen molar-refractivity contribution in [2.45, 2.75) is 43.9 Å². The molecule has 0 rings (SSSR count). The molecule has 0 fully saturated rings. The second-order valence-electron chi connectivity index (χ2n) is 3.70. The molecule has 0 aromatic rings. The topological polar surface area (TPSA) is 156 Å². The van der Waals surface area contributed by atoms with Gasteiger partial charge in [-0.1, -0.05) is 0 Å². The van der Waals surface area contributed by atoms with Gasteiger partial charge in [0.15, 0.2) is 11.9 Å². The van der Waals surface area contributed by atoms with Crippen molar-refractivity contribution in [2.75, 3.05) is 0 Å². The predicted octanol–water partition coefficient (Wildman–Crippen LogP) is -3.15. The zero-order chi connectivity index (χ0) is 13.7. The number of carboxylic acids is 1. The molecule has 0 bridgehead atoms. The van der Waals surface area contributed by atoms with Crippen LogP contribution in [0.5, 0.6) is 0 Å². The summed E-state index contributed by atoms with van der Waals surface area (Å²) in [6.45, 7) is 1.02. The fraction of sp³-hybridized carbons (Fsp3) is 0.778. The lowest BCUT2D eigenvalue weighted by atomic mass is 9.98. The van der Waals surface area contributed by atoms with Gasteiger partial charge >= 0.3 is 5.97 Å². The molecule has 0 saturated heterocycles. The molecule has 17 heavy (non-hydrogen) atoms. The van der Waals surface area contributed by atoms with E-state index in [0.717, 1.165) is 6.92 Å². The molecule has 5 atom stereocenters. The Balaban J connectivity index is 4.39. The largest absolute Gasteiger partial charge is 0.479 e. The highest BCUT2D eigenvalue weighted by Gasteiger charge is 2.33. The van der Waals surface area contributed by atoms with Crippen molar-refractivity contribution >= 4 is 11.8 Å². The maximum atomic E-state index is 10.7. The molecule has 0 saturated carbocycles. The Bertz CT molecular complexity index is 278. The molecule has 0 radical (unpaired) electrons. The molecular formula is C9H16O8. The summed E-state index contributed by atoms with van der Waals surface area (Å²) in [6, 6.07) is 0. The summed E-state index contributed by atoms with van der Waals surface area (Å²) in [6.07, 6.45) is -10.1. The van der Waals surface area contributed by atoms with Gasteiger partial charge in [0, 0.05) is 6.42 Å². The van der Waals surface area contributed by atoms with Crippen LogP contribution >= 0.6 is 0 Å². The van der Waals surface area contributed by atoms with Crippen LogP contribution in [0, 0.1) is 0 Å². The van der Waals surface area contributed by atoms with Gasteiger partial charge in [-0.15, -0.1) is 0 Å². The van der Waals surface area contributed by atoms with Crippen LogP contribution in [-0.4, -0.2) is 72.9 Å². The van der Waals surface area contributed by atoms with Crippen molar-refractivity contribution in [3.8, 4) is 0 Å². The minimum atomic E-state index is -2.22. The molecule has 5 unspecified atom stereocenters. The van der Waals surface area contributed by atoms with E-state index >= 15 is 0 Å². The fourth-order valence-corrected chi connectivity index (χ4v) is 1.14. The highest BCUT2D eigenvalue weighted by Crippen LogP contribution is 2.10. The van der Waals surface area contributed by atoms with E-state index in [1.54, 1.807) is 0 Å². The number of carboxylic acid groups (broad SMARTS) is 1. The average Bonchev–Trinajstić information content (AvgIpc) is 2.25. The molecule has 0 aliphatic rings. The number of ketones is 1. The lowest BCUT2D eigenvalue weighted by Crippen LogP contribution is -2.45. The van der Waals surface area contributed by atoms with Crippen molar-refractivity contribution < 1.29 is 40.2 Å². The first-order valence-corrected chi connectivity index (χ1v) is 4.82. The number of rotatable bonds is 7. The van der Waals surface area contributed by atoms with Gasteiger partial charge in [0.05, 0.1) is 12.2 Å². The summed E-state index contributed by atoms with van der Waals surface area (Å²) in [7, 11) is 0. The Labute approximate surface area is 96.7 Å². The van der Waals surface area contributed by atoms with Gasteiger partial charge in [0.2, 0.25) is 0 Å². The first-order chi connectivity index (χ1) is 7.68. The minimum Gasteiger partial charge on any atom is -0.479 e. The minimum absolute atomic E-state index is 0.647. The molecule has 0 aliphatic heterocycles. The Hall–Kier alpha value is -1.06. The third-order valence-corrected chi connectivity index (χ3v) is 2.23. The molecule has 0 heterocycles. The third-order valence-electron chi connectivity index (χ3n) is 2.23. The monoisotopic (exact) mass is 252 g/mol. The quantitative estimate of drug-likeness (QED) is 0.277. The maximum absolute atomic E-state index is 10.7. The maximum Gasteiger partial charge on any atom is 0.335 e. The Kier molecular flexibility index (Phi) is 6.21. The van der Waals surface area contributed by atoms with Gasteiger partial charge in [-0.05, 0) is 6.92 Å². The second kappa shape index (κ2) is 6.62. The van der Waals surface area contributed by atoms with Crippen molar-refractivity contribution in [1.29, 1.82) is 0 Å². The van der Waals surface area contributed by atoms with Crippen LogP contribution in [0.1, 0.15) is 13.3 Å². The number of Topliss-reactive ketones (excluding diaryl/α,β-unsaturated/α-hetero) is 1. The van der Waals surface area contributed by atoms with Crippen LogP contribution in [0.4, 0.5) is 0 Å². The second-order valence-corrected chi connectivity index (χ2v) is 3.70. The van der Waals surface area contributed by atoms with E-state index in [2.05, 4.69) is 0 Å². The molecule has 8 heteroatoms. The van der Waals surface area contributed by atoms with E-state index < -0.39 is 48.7 Å². The number of aliphatic carboxylic acids is 1. The van der Waals surface area contributed by atoms with E-state index in [4.69, 9.17) is 20.4 Å². The first kappa shape index (κ1) is 15.9. The lowest BCUT2D eigenvalue weighted by Gasteiger charge is -2.23. The van der Waals surface area contributed by atoms with E-state index in [0.29, 0.717) is 0 Å². The van der Waals surface area contributed by atoms with E-state index in [9.17, 15) is 19.8 Å². The zero-order valence-corrected chi connectivity index (χ0v) is 9.09. The van der Waals surface area contributed by atoms with E-state index in [1.165, 1.54) is 0 Å². The van der Waals surface area contributed by atoms with Crippen molar-refractivity contribution in [2.24, 2.45) is 0 Å².